The van der Waals surface area contributed by atoms with E-state index >= 15 is 0 Å². The second-order valence-electron chi connectivity index (χ2n) is 6.66. The van der Waals surface area contributed by atoms with Gasteiger partial charge in [-0.2, -0.15) is 0 Å². The number of likely N-dealkylation sites (N-methyl/N-ethyl adjacent to an activating group) is 1. The van der Waals surface area contributed by atoms with Crippen LogP contribution in [-0.2, 0) is 9.59 Å². The van der Waals surface area contributed by atoms with E-state index in [2.05, 4.69) is 27.9 Å². The molecule has 7 nitrogen and oxygen atoms in total. The van der Waals surface area contributed by atoms with E-state index in [9.17, 15) is 14.4 Å². The Bertz CT molecular complexity index is 1050. The largest absolute Gasteiger partial charge is 0.493 e. The van der Waals surface area contributed by atoms with Crippen LogP contribution in [0.2, 0.25) is 0 Å². The number of imide groups is 1. The van der Waals surface area contributed by atoms with Crippen LogP contribution in [0.3, 0.4) is 0 Å². The summed E-state index contributed by atoms with van der Waals surface area (Å²) in [4.78, 5) is 38.0. The molecule has 0 aromatic heterocycles. The summed E-state index contributed by atoms with van der Waals surface area (Å²) in [6, 6.07) is 11.0. The van der Waals surface area contributed by atoms with Crippen LogP contribution in [0.25, 0.3) is 6.08 Å². The predicted octanol–water partition coefficient (Wildman–Crippen LogP) is 4.68. The van der Waals surface area contributed by atoms with Gasteiger partial charge in [-0.15, -0.1) is 0 Å². The van der Waals surface area contributed by atoms with Gasteiger partial charge in [0.05, 0.1) is 15.6 Å². The first-order valence-electron chi connectivity index (χ1n) is 9.44. The Kier molecular flexibility index (Phi) is 7.60. The van der Waals surface area contributed by atoms with Crippen LogP contribution < -0.4 is 14.8 Å². The molecule has 1 N–H and O–H groups in total. The van der Waals surface area contributed by atoms with Crippen molar-refractivity contribution in [1.82, 2.24) is 4.90 Å². The lowest BCUT2D eigenvalue weighted by molar-refractivity contribution is -0.122. The molecule has 2 aromatic carbocycles. The van der Waals surface area contributed by atoms with Crippen LogP contribution in [0.1, 0.15) is 18.1 Å². The molecule has 0 saturated carbocycles. The number of carbonyl (C=O) groups excluding carboxylic acids is 3. The summed E-state index contributed by atoms with van der Waals surface area (Å²) in [7, 11) is 1.50. The van der Waals surface area contributed by atoms with Gasteiger partial charge in [-0.1, -0.05) is 17.7 Å². The van der Waals surface area contributed by atoms with Crippen molar-refractivity contribution in [2.24, 2.45) is 0 Å². The molecule has 0 unspecified atom stereocenters. The molecular weight excluding hydrogens is 531 g/mol. The molecule has 9 heteroatoms. The van der Waals surface area contributed by atoms with Gasteiger partial charge < -0.3 is 14.8 Å². The van der Waals surface area contributed by atoms with E-state index in [0.717, 1.165) is 17.3 Å². The topological polar surface area (TPSA) is 84.9 Å². The number of hydrogen-bond acceptors (Lipinski definition) is 6. The summed E-state index contributed by atoms with van der Waals surface area (Å²) in [6.45, 7) is 3.88. The summed E-state index contributed by atoms with van der Waals surface area (Å²) in [6.07, 6.45) is 1.65. The number of carbonyl (C=O) groups is 3. The van der Waals surface area contributed by atoms with Crippen molar-refractivity contribution in [2.45, 2.75) is 13.8 Å². The zero-order valence-electron chi connectivity index (χ0n) is 17.2. The van der Waals surface area contributed by atoms with Crippen LogP contribution in [0, 0.1) is 10.5 Å². The van der Waals surface area contributed by atoms with Gasteiger partial charge in [0.1, 0.15) is 0 Å². The molecule has 3 rings (SSSR count). The van der Waals surface area contributed by atoms with E-state index < -0.39 is 0 Å². The highest BCUT2D eigenvalue weighted by molar-refractivity contribution is 14.1. The van der Waals surface area contributed by atoms with Gasteiger partial charge in [0.15, 0.2) is 18.1 Å². The number of amides is 3. The Labute approximate surface area is 198 Å². The number of rotatable bonds is 7. The number of nitrogens with one attached hydrogen (secondary N) is 1. The Morgan fingerprint density at radius 3 is 2.55 bits per heavy atom. The first-order chi connectivity index (χ1) is 14.8. The third-order valence-electron chi connectivity index (χ3n) is 4.42. The van der Waals surface area contributed by atoms with Gasteiger partial charge in [0, 0.05) is 12.2 Å². The number of methoxy groups -OCH3 is 1. The zero-order valence-corrected chi connectivity index (χ0v) is 20.2. The second-order valence-corrected chi connectivity index (χ2v) is 8.82. The number of ether oxygens (including phenoxy) is 2. The number of nitrogens with zero attached hydrogens (tertiary/aromatic N) is 1. The lowest BCUT2D eigenvalue weighted by Gasteiger charge is -2.14. The van der Waals surface area contributed by atoms with E-state index in [0.29, 0.717) is 37.8 Å². The summed E-state index contributed by atoms with van der Waals surface area (Å²) in [5.74, 6) is 0.260. The number of halogens is 1. The van der Waals surface area contributed by atoms with Crippen LogP contribution in [0.5, 0.6) is 11.5 Å². The molecule has 3 amide bonds. The van der Waals surface area contributed by atoms with Crippen molar-refractivity contribution in [2.75, 3.05) is 25.6 Å². The molecule has 162 valence electrons. The Balaban J connectivity index is 1.73. The van der Waals surface area contributed by atoms with Gasteiger partial charge in [0.25, 0.3) is 17.1 Å². The standard InChI is InChI=1S/C22H21IN2O5S/c1-4-25-21(27)18(31-22(25)28)11-14-9-16(23)20(17(10-14)29-3)30-12-19(26)24-15-7-5-13(2)6-8-15/h5-11H,4,12H2,1-3H3,(H,24,26)/b18-11+. The smallest absolute Gasteiger partial charge is 0.293 e. The SMILES string of the molecule is CCN1C(=O)S/C(=C/c2cc(I)c(OCC(=O)Nc3ccc(C)cc3)c(OC)c2)C1=O. The average molecular weight is 552 g/mol. The lowest BCUT2D eigenvalue weighted by atomic mass is 10.2. The quantitative estimate of drug-likeness (QED) is 0.397. The molecular formula is C22H21IN2O5S. The molecule has 1 saturated heterocycles. The van der Waals surface area contributed by atoms with Crippen LogP contribution in [0.15, 0.2) is 41.3 Å². The highest BCUT2D eigenvalue weighted by atomic mass is 127. The van der Waals surface area contributed by atoms with Crippen LogP contribution in [-0.4, -0.2) is 42.2 Å². The third kappa shape index (κ3) is 5.59. The number of aryl methyl sites for hydroxylation is 1. The number of hydrogen-bond donors (Lipinski definition) is 1. The second kappa shape index (κ2) is 10.2. The summed E-state index contributed by atoms with van der Waals surface area (Å²) >= 11 is 2.99. The fourth-order valence-corrected chi connectivity index (χ4v) is 4.54. The monoisotopic (exact) mass is 552 g/mol. The van der Waals surface area contributed by atoms with Gasteiger partial charge in [0.2, 0.25) is 0 Å². The lowest BCUT2D eigenvalue weighted by Crippen LogP contribution is -2.27. The Morgan fingerprint density at radius 1 is 1.23 bits per heavy atom. The molecule has 0 aliphatic carbocycles. The molecule has 1 aliphatic heterocycles. The molecule has 2 aromatic rings. The van der Waals surface area contributed by atoms with Crippen LogP contribution >= 0.6 is 34.4 Å². The minimum Gasteiger partial charge on any atom is -0.493 e. The number of anilines is 1. The summed E-state index contributed by atoms with van der Waals surface area (Å²) < 4.78 is 11.8. The molecule has 1 fully saturated rings. The fraction of sp³-hybridized carbons (Fsp3) is 0.227. The first-order valence-corrected chi connectivity index (χ1v) is 11.3. The minimum atomic E-state index is -0.306. The zero-order chi connectivity index (χ0) is 22.5. The maximum atomic E-state index is 12.3. The number of benzene rings is 2. The summed E-state index contributed by atoms with van der Waals surface area (Å²) in [5, 5.41) is 2.50. The molecule has 0 bridgehead atoms. The van der Waals surface area contributed by atoms with Gasteiger partial charge in [-0.25, -0.2) is 0 Å². The Morgan fingerprint density at radius 2 is 1.94 bits per heavy atom. The van der Waals surface area contributed by atoms with Crippen molar-refractivity contribution in [3.05, 3.63) is 56.0 Å². The van der Waals surface area contributed by atoms with Crippen molar-refractivity contribution in [3.8, 4) is 11.5 Å². The van der Waals surface area contributed by atoms with E-state index in [-0.39, 0.29) is 23.7 Å². The third-order valence-corrected chi connectivity index (χ3v) is 6.13. The number of thioether (sulfide) groups is 1. The average Bonchev–Trinajstić information content (AvgIpc) is 3.00. The Hall–Kier alpha value is -2.53. The van der Waals surface area contributed by atoms with E-state index in [1.165, 1.54) is 12.0 Å². The highest BCUT2D eigenvalue weighted by Gasteiger charge is 2.33. The predicted molar refractivity (Wildman–Crippen MR) is 129 cm³/mol. The van der Waals surface area contributed by atoms with Gasteiger partial charge >= 0.3 is 0 Å². The maximum absolute atomic E-state index is 12.3. The maximum Gasteiger partial charge on any atom is 0.293 e. The van der Waals surface area contributed by atoms with Gasteiger partial charge in [-0.05, 0) is 84.1 Å². The van der Waals surface area contributed by atoms with Crippen molar-refractivity contribution < 1.29 is 23.9 Å². The first kappa shape index (κ1) is 23.1. The molecule has 0 atom stereocenters. The van der Waals surface area contributed by atoms with E-state index in [1.54, 1.807) is 25.1 Å². The minimum absolute atomic E-state index is 0.186. The fourth-order valence-electron chi connectivity index (χ4n) is 2.86. The molecule has 0 radical (unpaired) electrons. The molecule has 0 spiro atoms. The van der Waals surface area contributed by atoms with E-state index in [4.69, 9.17) is 9.47 Å². The highest BCUT2D eigenvalue weighted by Crippen LogP contribution is 2.37. The van der Waals surface area contributed by atoms with E-state index in [1.807, 2.05) is 31.2 Å². The van der Waals surface area contributed by atoms with Crippen LogP contribution in [0.4, 0.5) is 10.5 Å². The summed E-state index contributed by atoms with van der Waals surface area (Å²) in [5.41, 5.74) is 2.49. The molecule has 1 aliphatic rings. The molecule has 31 heavy (non-hydrogen) atoms. The molecule has 1 heterocycles. The normalized spacial score (nSPS) is 14.8. The van der Waals surface area contributed by atoms with Crippen molar-refractivity contribution in [1.29, 1.82) is 0 Å². The van der Waals surface area contributed by atoms with Crippen molar-refractivity contribution in [3.63, 3.8) is 0 Å². The van der Waals surface area contributed by atoms with Crippen molar-refractivity contribution >= 4 is 63.2 Å². The van der Waals surface area contributed by atoms with Gasteiger partial charge in [-0.3, -0.25) is 19.3 Å².